The number of halogens is 1. The second-order valence-corrected chi connectivity index (χ2v) is 7.19. The lowest BCUT2D eigenvalue weighted by Gasteiger charge is -2.28. The molecule has 1 aromatic heterocycles. The van der Waals surface area contributed by atoms with E-state index in [4.69, 9.17) is 4.98 Å². The fourth-order valence-electron chi connectivity index (χ4n) is 3.56. The van der Waals surface area contributed by atoms with Crippen molar-refractivity contribution < 1.29 is 9.18 Å². The topological polar surface area (TPSA) is 49.3 Å². The number of carbonyl (C=O) groups is 1. The third kappa shape index (κ3) is 4.11. The van der Waals surface area contributed by atoms with Crippen LogP contribution in [0.2, 0.25) is 0 Å². The fourth-order valence-corrected chi connectivity index (χ4v) is 3.56. The van der Waals surface area contributed by atoms with Gasteiger partial charge in [-0.3, -0.25) is 4.79 Å². The Labute approximate surface area is 169 Å². The first-order chi connectivity index (χ1) is 14.1. The van der Waals surface area contributed by atoms with E-state index >= 15 is 0 Å². The minimum absolute atomic E-state index is 0.0480. The summed E-state index contributed by atoms with van der Waals surface area (Å²) in [7, 11) is 1.89. The van der Waals surface area contributed by atoms with Gasteiger partial charge in [-0.05, 0) is 55.7 Å². The molecule has 2 aromatic carbocycles. The molecule has 1 aliphatic heterocycles. The Bertz CT molecular complexity index is 986. The fraction of sp³-hybridized carbons (Fsp3) is 0.261. The number of aromatic nitrogens is 2. The average Bonchev–Trinajstić information content (AvgIpc) is 2.79. The molecule has 2 heterocycles. The number of anilines is 2. The van der Waals surface area contributed by atoms with E-state index in [1.54, 1.807) is 18.3 Å². The van der Waals surface area contributed by atoms with Gasteiger partial charge in [-0.1, -0.05) is 18.2 Å². The van der Waals surface area contributed by atoms with Gasteiger partial charge >= 0.3 is 0 Å². The summed E-state index contributed by atoms with van der Waals surface area (Å²) in [6.45, 7) is 1.51. The summed E-state index contributed by atoms with van der Waals surface area (Å²) in [5.41, 5.74) is 2.10. The molecule has 1 saturated heterocycles. The summed E-state index contributed by atoms with van der Waals surface area (Å²) in [5.74, 6) is 0.638. The zero-order chi connectivity index (χ0) is 20.2. The van der Waals surface area contributed by atoms with Crippen LogP contribution in [0.1, 0.15) is 29.6 Å². The van der Waals surface area contributed by atoms with E-state index in [2.05, 4.69) is 4.98 Å². The van der Waals surface area contributed by atoms with Crippen molar-refractivity contribution in [2.24, 2.45) is 0 Å². The molecule has 0 spiro atoms. The number of amides is 1. The number of hydrogen-bond acceptors (Lipinski definition) is 4. The zero-order valence-electron chi connectivity index (χ0n) is 16.4. The van der Waals surface area contributed by atoms with Gasteiger partial charge in [-0.25, -0.2) is 14.4 Å². The Morgan fingerprint density at radius 2 is 1.69 bits per heavy atom. The molecule has 1 amide bonds. The molecule has 3 aromatic rings. The maximum Gasteiger partial charge on any atom is 0.259 e. The molecule has 0 bridgehead atoms. The molecule has 0 saturated carbocycles. The highest BCUT2D eigenvalue weighted by atomic mass is 19.1. The Hall–Kier alpha value is -3.28. The van der Waals surface area contributed by atoms with E-state index < -0.39 is 0 Å². The summed E-state index contributed by atoms with van der Waals surface area (Å²) in [5, 5.41) is 0. The first-order valence-corrected chi connectivity index (χ1v) is 9.84. The van der Waals surface area contributed by atoms with Crippen molar-refractivity contribution >= 4 is 17.4 Å². The maximum atomic E-state index is 13.3. The van der Waals surface area contributed by atoms with Crippen molar-refractivity contribution in [3.63, 3.8) is 0 Å². The van der Waals surface area contributed by atoms with Crippen LogP contribution >= 0.6 is 0 Å². The van der Waals surface area contributed by atoms with Crippen molar-refractivity contribution in [2.45, 2.75) is 19.3 Å². The van der Waals surface area contributed by atoms with Crippen LogP contribution in [0.3, 0.4) is 0 Å². The Morgan fingerprint density at radius 1 is 1.00 bits per heavy atom. The molecule has 4 rings (SSSR count). The van der Waals surface area contributed by atoms with E-state index in [0.29, 0.717) is 22.8 Å². The van der Waals surface area contributed by atoms with Gasteiger partial charge in [0.2, 0.25) is 0 Å². The molecule has 29 heavy (non-hydrogen) atoms. The molecule has 6 heteroatoms. The summed E-state index contributed by atoms with van der Waals surface area (Å²) in [4.78, 5) is 26.1. The van der Waals surface area contributed by atoms with Gasteiger partial charge < -0.3 is 9.80 Å². The highest BCUT2D eigenvalue weighted by Crippen LogP contribution is 2.28. The van der Waals surface area contributed by atoms with E-state index in [1.165, 1.54) is 12.1 Å². The van der Waals surface area contributed by atoms with Crippen LogP contribution in [0.15, 0.2) is 60.8 Å². The molecule has 1 fully saturated rings. The van der Waals surface area contributed by atoms with Crippen molar-refractivity contribution in [3.8, 4) is 11.4 Å². The first-order valence-electron chi connectivity index (χ1n) is 9.84. The van der Waals surface area contributed by atoms with Crippen LogP contribution in [0.4, 0.5) is 15.9 Å². The largest absolute Gasteiger partial charge is 0.338 e. The maximum absolute atomic E-state index is 13.3. The van der Waals surface area contributed by atoms with E-state index in [-0.39, 0.29) is 11.7 Å². The standard InChI is InChI=1S/C23H23FN4O/c1-27(19-8-4-2-5-9-19)22-20(23(29)28-14-6-3-7-15-28)16-25-21(26-22)17-10-12-18(24)13-11-17/h2,4-5,8-13,16H,3,6-7,14-15H2,1H3. The molecule has 0 N–H and O–H groups in total. The summed E-state index contributed by atoms with van der Waals surface area (Å²) in [6, 6.07) is 15.8. The molecule has 1 aliphatic rings. The van der Waals surface area contributed by atoms with E-state index in [1.807, 2.05) is 47.2 Å². The Morgan fingerprint density at radius 3 is 2.38 bits per heavy atom. The van der Waals surface area contributed by atoms with Crippen LogP contribution in [0.25, 0.3) is 11.4 Å². The Balaban J connectivity index is 1.77. The molecule has 5 nitrogen and oxygen atoms in total. The van der Waals surface area contributed by atoms with Crippen LogP contribution in [0, 0.1) is 5.82 Å². The lowest BCUT2D eigenvalue weighted by atomic mass is 10.1. The monoisotopic (exact) mass is 390 g/mol. The van der Waals surface area contributed by atoms with Crippen molar-refractivity contribution in [1.29, 1.82) is 0 Å². The van der Waals surface area contributed by atoms with Gasteiger partial charge in [-0.15, -0.1) is 0 Å². The van der Waals surface area contributed by atoms with Gasteiger partial charge in [0.05, 0.1) is 0 Å². The lowest BCUT2D eigenvalue weighted by molar-refractivity contribution is 0.0724. The van der Waals surface area contributed by atoms with Crippen molar-refractivity contribution in [1.82, 2.24) is 14.9 Å². The predicted octanol–water partition coefficient (Wildman–Crippen LogP) is 4.68. The minimum atomic E-state index is -0.313. The summed E-state index contributed by atoms with van der Waals surface area (Å²) >= 11 is 0. The van der Waals surface area contributed by atoms with Crippen LogP contribution < -0.4 is 4.90 Å². The molecule has 148 valence electrons. The minimum Gasteiger partial charge on any atom is -0.338 e. The normalized spacial score (nSPS) is 13.9. The lowest BCUT2D eigenvalue weighted by Crippen LogP contribution is -2.36. The SMILES string of the molecule is CN(c1ccccc1)c1nc(-c2ccc(F)cc2)ncc1C(=O)N1CCCCC1. The number of benzene rings is 2. The molecule has 0 radical (unpaired) electrons. The van der Waals surface area contributed by atoms with Crippen LogP contribution in [-0.4, -0.2) is 40.9 Å². The smallest absolute Gasteiger partial charge is 0.259 e. The number of likely N-dealkylation sites (tertiary alicyclic amines) is 1. The quantitative estimate of drug-likeness (QED) is 0.649. The number of para-hydroxylation sites is 1. The van der Waals surface area contributed by atoms with Gasteiger partial charge in [0, 0.05) is 37.6 Å². The highest BCUT2D eigenvalue weighted by molar-refractivity contribution is 5.99. The average molecular weight is 390 g/mol. The number of piperidine rings is 1. The molecule has 0 unspecified atom stereocenters. The van der Waals surface area contributed by atoms with Crippen LogP contribution in [0.5, 0.6) is 0 Å². The van der Waals surface area contributed by atoms with Gasteiger partial charge in [0.25, 0.3) is 5.91 Å². The van der Waals surface area contributed by atoms with Gasteiger partial charge in [-0.2, -0.15) is 0 Å². The van der Waals surface area contributed by atoms with Crippen LogP contribution in [-0.2, 0) is 0 Å². The second kappa shape index (κ2) is 8.39. The summed E-state index contributed by atoms with van der Waals surface area (Å²) < 4.78 is 13.3. The van der Waals surface area contributed by atoms with Gasteiger partial charge in [0.15, 0.2) is 5.82 Å². The highest BCUT2D eigenvalue weighted by Gasteiger charge is 2.25. The first kappa shape index (κ1) is 19.1. The molecule has 0 atom stereocenters. The second-order valence-electron chi connectivity index (χ2n) is 7.19. The third-order valence-electron chi connectivity index (χ3n) is 5.21. The van der Waals surface area contributed by atoms with E-state index in [9.17, 15) is 9.18 Å². The molecule has 0 aliphatic carbocycles. The zero-order valence-corrected chi connectivity index (χ0v) is 16.4. The molecular formula is C23H23FN4O. The van der Waals surface area contributed by atoms with Crippen molar-refractivity contribution in [3.05, 3.63) is 72.2 Å². The number of carbonyl (C=O) groups excluding carboxylic acids is 1. The van der Waals surface area contributed by atoms with Gasteiger partial charge in [0.1, 0.15) is 17.2 Å². The third-order valence-corrected chi connectivity index (χ3v) is 5.21. The van der Waals surface area contributed by atoms with E-state index in [0.717, 1.165) is 38.0 Å². The predicted molar refractivity (Wildman–Crippen MR) is 112 cm³/mol. The number of rotatable bonds is 4. The Kier molecular flexibility index (Phi) is 5.51. The summed E-state index contributed by atoms with van der Waals surface area (Å²) in [6.07, 6.45) is 4.78. The number of nitrogens with zero attached hydrogens (tertiary/aromatic N) is 4. The number of hydrogen-bond donors (Lipinski definition) is 0. The van der Waals surface area contributed by atoms with Crippen molar-refractivity contribution in [2.75, 3.05) is 25.0 Å². The molecular weight excluding hydrogens is 367 g/mol.